The van der Waals surface area contributed by atoms with Crippen molar-refractivity contribution in [2.45, 2.75) is 39.2 Å². The van der Waals surface area contributed by atoms with Gasteiger partial charge in [0.25, 0.3) is 5.91 Å². The molecule has 0 saturated carbocycles. The summed E-state index contributed by atoms with van der Waals surface area (Å²) < 4.78 is 9.09. The van der Waals surface area contributed by atoms with E-state index in [0.717, 1.165) is 38.3 Å². The molecule has 1 aliphatic heterocycles. The summed E-state index contributed by atoms with van der Waals surface area (Å²) in [5.74, 6) is 2.54. The lowest BCUT2D eigenvalue weighted by atomic mass is 9.96. The standard InChI is InChI=1S/C18H27N5O2/c1-13(2)16-19-7-10-23(16)11-14-5-8-22(9-6-14)18(24)15-12-21(3)20-17(15)25-4/h7,10,12-14H,5-6,8-9,11H2,1-4H3. The van der Waals surface area contributed by atoms with Gasteiger partial charge in [-0.05, 0) is 18.8 Å². The summed E-state index contributed by atoms with van der Waals surface area (Å²) in [6, 6.07) is 0. The average molecular weight is 345 g/mol. The zero-order valence-electron chi connectivity index (χ0n) is 15.5. The minimum atomic E-state index is 0.00824. The first-order chi connectivity index (χ1) is 12.0. The number of rotatable bonds is 5. The second kappa shape index (κ2) is 7.29. The Hall–Kier alpha value is -2.31. The van der Waals surface area contributed by atoms with E-state index in [1.807, 2.05) is 11.1 Å². The Labute approximate surface area is 148 Å². The number of likely N-dealkylation sites (tertiary alicyclic amines) is 1. The van der Waals surface area contributed by atoms with Crippen molar-refractivity contribution in [3.05, 3.63) is 30.0 Å². The van der Waals surface area contributed by atoms with Crippen LogP contribution in [0.25, 0.3) is 0 Å². The van der Waals surface area contributed by atoms with Gasteiger partial charge in [-0.25, -0.2) is 4.98 Å². The van der Waals surface area contributed by atoms with Crippen LogP contribution in [-0.4, -0.2) is 50.3 Å². The first-order valence-electron chi connectivity index (χ1n) is 8.87. The third kappa shape index (κ3) is 3.70. The molecule has 3 rings (SSSR count). The van der Waals surface area contributed by atoms with Gasteiger partial charge in [0.1, 0.15) is 11.4 Å². The highest BCUT2D eigenvalue weighted by Crippen LogP contribution is 2.24. The van der Waals surface area contributed by atoms with E-state index in [1.54, 1.807) is 25.0 Å². The number of hydrogen-bond donors (Lipinski definition) is 0. The number of aromatic nitrogens is 4. The Morgan fingerprint density at radius 3 is 2.72 bits per heavy atom. The Morgan fingerprint density at radius 2 is 2.08 bits per heavy atom. The van der Waals surface area contributed by atoms with Crippen molar-refractivity contribution in [2.75, 3.05) is 20.2 Å². The van der Waals surface area contributed by atoms with Crippen LogP contribution in [0.4, 0.5) is 0 Å². The predicted octanol–water partition coefficient (Wildman–Crippen LogP) is 2.30. The molecule has 2 aromatic rings. The quantitative estimate of drug-likeness (QED) is 0.834. The van der Waals surface area contributed by atoms with Crippen LogP contribution >= 0.6 is 0 Å². The van der Waals surface area contributed by atoms with Gasteiger partial charge in [-0.1, -0.05) is 13.8 Å². The van der Waals surface area contributed by atoms with Gasteiger partial charge in [0.2, 0.25) is 5.88 Å². The molecule has 7 heteroatoms. The second-order valence-corrected chi connectivity index (χ2v) is 7.05. The summed E-state index contributed by atoms with van der Waals surface area (Å²) in [6.45, 7) is 6.86. The number of carbonyl (C=O) groups excluding carboxylic acids is 1. The lowest BCUT2D eigenvalue weighted by Gasteiger charge is -2.32. The van der Waals surface area contributed by atoms with E-state index in [0.29, 0.717) is 23.3 Å². The second-order valence-electron chi connectivity index (χ2n) is 7.05. The highest BCUT2D eigenvalue weighted by atomic mass is 16.5. The van der Waals surface area contributed by atoms with E-state index in [1.165, 1.54) is 0 Å². The van der Waals surface area contributed by atoms with Crippen molar-refractivity contribution >= 4 is 5.91 Å². The number of ether oxygens (including phenoxy) is 1. The zero-order chi connectivity index (χ0) is 18.0. The predicted molar refractivity (Wildman–Crippen MR) is 94.7 cm³/mol. The van der Waals surface area contributed by atoms with Gasteiger partial charge in [0.15, 0.2) is 0 Å². The molecule has 0 spiro atoms. The van der Waals surface area contributed by atoms with Crippen LogP contribution in [0.5, 0.6) is 5.88 Å². The van der Waals surface area contributed by atoms with Crippen LogP contribution in [0.3, 0.4) is 0 Å². The molecule has 1 amide bonds. The maximum absolute atomic E-state index is 12.7. The van der Waals surface area contributed by atoms with E-state index in [2.05, 4.69) is 34.7 Å². The zero-order valence-corrected chi connectivity index (χ0v) is 15.5. The summed E-state index contributed by atoms with van der Waals surface area (Å²) >= 11 is 0. The van der Waals surface area contributed by atoms with E-state index in [-0.39, 0.29) is 5.91 Å². The van der Waals surface area contributed by atoms with E-state index < -0.39 is 0 Å². The van der Waals surface area contributed by atoms with Crippen LogP contribution in [0.1, 0.15) is 48.8 Å². The molecule has 25 heavy (non-hydrogen) atoms. The third-order valence-corrected chi connectivity index (χ3v) is 4.84. The molecule has 0 N–H and O–H groups in total. The summed E-state index contributed by atoms with van der Waals surface area (Å²) in [5.41, 5.74) is 0.542. The van der Waals surface area contributed by atoms with Crippen molar-refractivity contribution in [3.63, 3.8) is 0 Å². The number of aryl methyl sites for hydroxylation is 1. The molecular weight excluding hydrogens is 318 g/mol. The number of hydrogen-bond acceptors (Lipinski definition) is 4. The molecule has 1 saturated heterocycles. The van der Waals surface area contributed by atoms with Crippen molar-refractivity contribution in [1.29, 1.82) is 0 Å². The number of amides is 1. The van der Waals surface area contributed by atoms with Crippen LogP contribution < -0.4 is 4.74 Å². The topological polar surface area (TPSA) is 65.2 Å². The third-order valence-electron chi connectivity index (χ3n) is 4.84. The molecular formula is C18H27N5O2. The normalized spacial score (nSPS) is 15.8. The first-order valence-corrected chi connectivity index (χ1v) is 8.87. The number of piperidine rings is 1. The maximum Gasteiger partial charge on any atom is 0.260 e. The highest BCUT2D eigenvalue weighted by molar-refractivity contribution is 5.96. The van der Waals surface area contributed by atoms with Crippen molar-refractivity contribution in [1.82, 2.24) is 24.2 Å². The van der Waals surface area contributed by atoms with Crippen molar-refractivity contribution in [3.8, 4) is 5.88 Å². The van der Waals surface area contributed by atoms with Crippen LogP contribution in [0.2, 0.25) is 0 Å². The van der Waals surface area contributed by atoms with Gasteiger partial charge in [-0.2, -0.15) is 0 Å². The fourth-order valence-corrected chi connectivity index (χ4v) is 3.51. The van der Waals surface area contributed by atoms with Gasteiger partial charge in [0.05, 0.1) is 7.11 Å². The smallest absolute Gasteiger partial charge is 0.260 e. The summed E-state index contributed by atoms with van der Waals surface area (Å²) in [4.78, 5) is 19.1. The maximum atomic E-state index is 12.7. The number of nitrogens with zero attached hydrogens (tertiary/aromatic N) is 5. The summed E-state index contributed by atoms with van der Waals surface area (Å²) in [6.07, 6.45) is 7.68. The average Bonchev–Trinajstić information content (AvgIpc) is 3.21. The van der Waals surface area contributed by atoms with E-state index in [4.69, 9.17) is 4.74 Å². The van der Waals surface area contributed by atoms with E-state index >= 15 is 0 Å². The monoisotopic (exact) mass is 345 g/mol. The van der Waals surface area contributed by atoms with Gasteiger partial charge < -0.3 is 14.2 Å². The van der Waals surface area contributed by atoms with Crippen LogP contribution in [0, 0.1) is 5.92 Å². The summed E-state index contributed by atoms with van der Waals surface area (Å²) in [5, 5.41) is 4.17. The molecule has 3 heterocycles. The molecule has 7 nitrogen and oxygen atoms in total. The molecule has 0 aliphatic carbocycles. The van der Waals surface area contributed by atoms with Gasteiger partial charge in [-0.15, -0.1) is 5.10 Å². The van der Waals surface area contributed by atoms with E-state index in [9.17, 15) is 4.79 Å². The van der Waals surface area contributed by atoms with Crippen molar-refractivity contribution < 1.29 is 9.53 Å². The van der Waals surface area contributed by atoms with Gasteiger partial charge >= 0.3 is 0 Å². The molecule has 1 aliphatic rings. The summed E-state index contributed by atoms with van der Waals surface area (Å²) in [7, 11) is 3.34. The Kier molecular flexibility index (Phi) is 5.11. The fraction of sp³-hybridized carbons (Fsp3) is 0.611. The SMILES string of the molecule is COc1nn(C)cc1C(=O)N1CCC(Cn2ccnc2C(C)C)CC1. The fourth-order valence-electron chi connectivity index (χ4n) is 3.51. The van der Waals surface area contributed by atoms with Crippen LogP contribution in [-0.2, 0) is 13.6 Å². The molecule has 0 atom stereocenters. The number of methoxy groups -OCH3 is 1. The highest BCUT2D eigenvalue weighted by Gasteiger charge is 2.27. The van der Waals surface area contributed by atoms with Crippen molar-refractivity contribution in [2.24, 2.45) is 13.0 Å². The Bertz CT molecular complexity index is 726. The lowest BCUT2D eigenvalue weighted by Crippen LogP contribution is -2.39. The molecule has 136 valence electrons. The van der Waals surface area contributed by atoms with Gasteiger partial charge in [-0.3, -0.25) is 9.48 Å². The Balaban J connectivity index is 1.60. The molecule has 0 bridgehead atoms. The number of carbonyl (C=O) groups is 1. The largest absolute Gasteiger partial charge is 0.479 e. The molecule has 0 unspecified atom stereocenters. The minimum absolute atomic E-state index is 0.00824. The molecule has 0 aromatic carbocycles. The first kappa shape index (κ1) is 17.5. The minimum Gasteiger partial charge on any atom is -0.479 e. The molecule has 0 radical (unpaired) electrons. The number of imidazole rings is 1. The van der Waals surface area contributed by atoms with Gasteiger partial charge in [0, 0.05) is 51.2 Å². The molecule has 1 fully saturated rings. The molecule has 2 aromatic heterocycles. The Morgan fingerprint density at radius 1 is 1.36 bits per heavy atom. The van der Waals surface area contributed by atoms with Crippen LogP contribution in [0.15, 0.2) is 18.6 Å². The lowest BCUT2D eigenvalue weighted by molar-refractivity contribution is 0.0679.